The van der Waals surface area contributed by atoms with Crippen molar-refractivity contribution in [2.75, 3.05) is 20.1 Å². The topological polar surface area (TPSA) is 52.6 Å². The molecule has 4 heteroatoms. The van der Waals surface area contributed by atoms with Crippen LogP contribution in [0.4, 0.5) is 0 Å². The van der Waals surface area contributed by atoms with Crippen molar-refractivity contribution in [1.29, 1.82) is 0 Å². The molecule has 0 saturated carbocycles. The molecule has 4 nitrogen and oxygen atoms in total. The standard InChI is InChI=1S/C11H22N2O2/c1-8(2)10(14)7-13-6-4-5-9(12-3)11(13)15/h8-10,12,14H,4-7H2,1-3H3. The number of likely N-dealkylation sites (N-methyl/N-ethyl adjacent to an activating group) is 1. The van der Waals surface area contributed by atoms with Crippen molar-refractivity contribution in [1.82, 2.24) is 10.2 Å². The van der Waals surface area contributed by atoms with Crippen LogP contribution < -0.4 is 5.32 Å². The van der Waals surface area contributed by atoms with Crippen LogP contribution in [0.3, 0.4) is 0 Å². The van der Waals surface area contributed by atoms with Gasteiger partial charge in [-0.3, -0.25) is 4.79 Å². The summed E-state index contributed by atoms with van der Waals surface area (Å²) in [4.78, 5) is 13.6. The lowest BCUT2D eigenvalue weighted by molar-refractivity contribution is -0.137. The van der Waals surface area contributed by atoms with Crippen LogP contribution in [-0.2, 0) is 4.79 Å². The lowest BCUT2D eigenvalue weighted by Crippen LogP contribution is -2.52. The Balaban J connectivity index is 2.50. The largest absolute Gasteiger partial charge is 0.391 e. The highest BCUT2D eigenvalue weighted by molar-refractivity contribution is 5.82. The number of amides is 1. The third-order valence-electron chi connectivity index (χ3n) is 3.06. The van der Waals surface area contributed by atoms with Crippen molar-refractivity contribution in [3.63, 3.8) is 0 Å². The fraction of sp³-hybridized carbons (Fsp3) is 0.909. The second-order valence-corrected chi connectivity index (χ2v) is 4.58. The summed E-state index contributed by atoms with van der Waals surface area (Å²) in [6.45, 7) is 5.18. The zero-order chi connectivity index (χ0) is 11.4. The molecule has 1 aliphatic heterocycles. The molecule has 1 saturated heterocycles. The van der Waals surface area contributed by atoms with E-state index in [0.717, 1.165) is 19.4 Å². The normalized spacial score (nSPS) is 24.7. The highest BCUT2D eigenvalue weighted by atomic mass is 16.3. The minimum Gasteiger partial charge on any atom is -0.391 e. The maximum absolute atomic E-state index is 11.9. The Bertz CT molecular complexity index is 219. The molecular weight excluding hydrogens is 192 g/mol. The SMILES string of the molecule is CNC1CCCN(CC(O)C(C)C)C1=O. The molecule has 88 valence electrons. The van der Waals surface area contributed by atoms with E-state index >= 15 is 0 Å². The Labute approximate surface area is 91.6 Å². The summed E-state index contributed by atoms with van der Waals surface area (Å²) in [5.74, 6) is 0.330. The molecule has 1 amide bonds. The Morgan fingerprint density at radius 2 is 2.27 bits per heavy atom. The first-order valence-corrected chi connectivity index (χ1v) is 5.70. The third-order valence-corrected chi connectivity index (χ3v) is 3.06. The van der Waals surface area contributed by atoms with Gasteiger partial charge >= 0.3 is 0 Å². The number of aliphatic hydroxyl groups excluding tert-OH is 1. The van der Waals surface area contributed by atoms with Crippen LogP contribution in [0.2, 0.25) is 0 Å². The molecule has 0 aromatic carbocycles. The summed E-state index contributed by atoms with van der Waals surface area (Å²) in [6, 6.07) is -0.0573. The van der Waals surface area contributed by atoms with Crippen molar-refractivity contribution in [2.45, 2.75) is 38.8 Å². The number of carbonyl (C=O) groups is 1. The van der Waals surface area contributed by atoms with Gasteiger partial charge in [-0.05, 0) is 25.8 Å². The molecule has 2 atom stereocenters. The average molecular weight is 214 g/mol. The van der Waals surface area contributed by atoms with Gasteiger partial charge in [-0.15, -0.1) is 0 Å². The molecule has 1 rings (SSSR count). The summed E-state index contributed by atoms with van der Waals surface area (Å²) < 4.78 is 0. The summed E-state index contributed by atoms with van der Waals surface area (Å²) in [5, 5.41) is 12.8. The summed E-state index contributed by atoms with van der Waals surface area (Å²) in [5.41, 5.74) is 0. The van der Waals surface area contributed by atoms with Gasteiger partial charge in [0.15, 0.2) is 0 Å². The third kappa shape index (κ3) is 3.18. The number of nitrogens with one attached hydrogen (secondary N) is 1. The molecule has 0 aromatic heterocycles. The molecule has 1 fully saturated rings. The van der Waals surface area contributed by atoms with Crippen LogP contribution in [0.1, 0.15) is 26.7 Å². The number of rotatable bonds is 4. The minimum atomic E-state index is -0.412. The summed E-state index contributed by atoms with van der Waals surface area (Å²) >= 11 is 0. The van der Waals surface area contributed by atoms with E-state index in [-0.39, 0.29) is 17.9 Å². The average Bonchev–Trinajstić information content (AvgIpc) is 2.21. The second kappa shape index (κ2) is 5.47. The van der Waals surface area contributed by atoms with Crippen LogP contribution in [0.25, 0.3) is 0 Å². The molecular formula is C11H22N2O2. The van der Waals surface area contributed by atoms with Crippen LogP contribution >= 0.6 is 0 Å². The van der Waals surface area contributed by atoms with E-state index in [2.05, 4.69) is 5.32 Å². The van der Waals surface area contributed by atoms with Gasteiger partial charge in [-0.1, -0.05) is 13.8 Å². The summed E-state index contributed by atoms with van der Waals surface area (Å²) in [7, 11) is 1.81. The molecule has 1 aliphatic rings. The lowest BCUT2D eigenvalue weighted by atomic mass is 10.0. The first-order valence-electron chi connectivity index (χ1n) is 5.70. The van der Waals surface area contributed by atoms with Crippen molar-refractivity contribution in [3.05, 3.63) is 0 Å². The lowest BCUT2D eigenvalue weighted by Gasteiger charge is -2.34. The van der Waals surface area contributed by atoms with E-state index in [1.165, 1.54) is 0 Å². The summed E-state index contributed by atoms with van der Waals surface area (Å²) in [6.07, 6.45) is 1.51. The monoisotopic (exact) mass is 214 g/mol. The van der Waals surface area contributed by atoms with Gasteiger partial charge in [-0.25, -0.2) is 0 Å². The van der Waals surface area contributed by atoms with Crippen LogP contribution in [0.15, 0.2) is 0 Å². The first-order chi connectivity index (χ1) is 7.06. The van der Waals surface area contributed by atoms with E-state index in [1.54, 1.807) is 4.90 Å². The second-order valence-electron chi connectivity index (χ2n) is 4.58. The Kier molecular flexibility index (Phi) is 4.54. The number of nitrogens with zero attached hydrogens (tertiary/aromatic N) is 1. The smallest absolute Gasteiger partial charge is 0.239 e. The predicted octanol–water partition coefficient (Wildman–Crippen LogP) is 0.214. The van der Waals surface area contributed by atoms with Gasteiger partial charge in [0.1, 0.15) is 0 Å². The Morgan fingerprint density at radius 3 is 2.80 bits per heavy atom. The van der Waals surface area contributed by atoms with Crippen LogP contribution in [0.5, 0.6) is 0 Å². The van der Waals surface area contributed by atoms with Gasteiger partial charge in [0.05, 0.1) is 12.1 Å². The molecule has 2 unspecified atom stereocenters. The van der Waals surface area contributed by atoms with Gasteiger partial charge in [0, 0.05) is 13.1 Å². The number of aliphatic hydroxyl groups is 1. The maximum atomic E-state index is 11.9. The molecule has 15 heavy (non-hydrogen) atoms. The van der Waals surface area contributed by atoms with Crippen molar-refractivity contribution in [3.8, 4) is 0 Å². The fourth-order valence-electron chi connectivity index (χ4n) is 1.83. The molecule has 0 bridgehead atoms. The maximum Gasteiger partial charge on any atom is 0.239 e. The van der Waals surface area contributed by atoms with Crippen LogP contribution in [0, 0.1) is 5.92 Å². The van der Waals surface area contributed by atoms with Crippen molar-refractivity contribution >= 4 is 5.91 Å². The van der Waals surface area contributed by atoms with E-state index in [9.17, 15) is 9.90 Å². The number of hydrogen-bond acceptors (Lipinski definition) is 3. The number of hydrogen-bond donors (Lipinski definition) is 2. The van der Waals surface area contributed by atoms with E-state index in [1.807, 2.05) is 20.9 Å². The quantitative estimate of drug-likeness (QED) is 0.703. The van der Waals surface area contributed by atoms with Gasteiger partial charge in [-0.2, -0.15) is 0 Å². The highest BCUT2D eigenvalue weighted by Crippen LogP contribution is 2.13. The minimum absolute atomic E-state index is 0.0573. The number of piperidine rings is 1. The van der Waals surface area contributed by atoms with E-state index < -0.39 is 6.10 Å². The molecule has 0 aromatic rings. The first kappa shape index (κ1) is 12.5. The van der Waals surface area contributed by atoms with Gasteiger partial charge in [0.25, 0.3) is 0 Å². The zero-order valence-corrected chi connectivity index (χ0v) is 9.86. The molecule has 0 radical (unpaired) electrons. The van der Waals surface area contributed by atoms with Crippen LogP contribution in [-0.4, -0.2) is 48.2 Å². The van der Waals surface area contributed by atoms with E-state index in [4.69, 9.17) is 0 Å². The van der Waals surface area contributed by atoms with Gasteiger partial charge < -0.3 is 15.3 Å². The number of carbonyl (C=O) groups excluding carboxylic acids is 1. The highest BCUT2D eigenvalue weighted by Gasteiger charge is 2.28. The molecule has 2 N–H and O–H groups in total. The van der Waals surface area contributed by atoms with E-state index in [0.29, 0.717) is 6.54 Å². The van der Waals surface area contributed by atoms with Crippen molar-refractivity contribution < 1.29 is 9.90 Å². The van der Waals surface area contributed by atoms with Gasteiger partial charge in [0.2, 0.25) is 5.91 Å². The Morgan fingerprint density at radius 1 is 1.60 bits per heavy atom. The molecule has 0 aliphatic carbocycles. The number of β-amino-alcohol motifs (C(OH)–C–C–N with tert-alkyl or cyclic N) is 1. The number of likely N-dealkylation sites (tertiary alicyclic amines) is 1. The fourth-order valence-corrected chi connectivity index (χ4v) is 1.83. The van der Waals surface area contributed by atoms with Crippen molar-refractivity contribution in [2.24, 2.45) is 5.92 Å². The molecule has 1 heterocycles. The predicted molar refractivity (Wildman–Crippen MR) is 59.5 cm³/mol. The molecule has 0 spiro atoms. The Hall–Kier alpha value is -0.610. The zero-order valence-electron chi connectivity index (χ0n) is 9.86.